The van der Waals surface area contributed by atoms with Crippen molar-refractivity contribution in [1.82, 2.24) is 24.6 Å². The first kappa shape index (κ1) is 15.0. The number of hydrogen-bond acceptors (Lipinski definition) is 4. The molecule has 1 saturated carbocycles. The van der Waals surface area contributed by atoms with E-state index in [1.807, 2.05) is 25.3 Å². The van der Waals surface area contributed by atoms with Gasteiger partial charge in [0, 0.05) is 17.1 Å². The normalized spacial score (nSPS) is 19.2. The van der Waals surface area contributed by atoms with E-state index in [4.69, 9.17) is 0 Å². The van der Waals surface area contributed by atoms with Crippen molar-refractivity contribution in [2.24, 2.45) is 5.92 Å². The second kappa shape index (κ2) is 5.35. The summed E-state index contributed by atoms with van der Waals surface area (Å²) < 4.78 is 14.8. The van der Waals surface area contributed by atoms with Gasteiger partial charge in [0.2, 0.25) is 5.91 Å². The van der Waals surface area contributed by atoms with E-state index in [1.54, 1.807) is 23.0 Å². The molecule has 4 aromatic rings. The Labute approximate surface area is 147 Å². The predicted octanol–water partition coefficient (Wildman–Crippen LogP) is 2.88. The van der Waals surface area contributed by atoms with Crippen molar-refractivity contribution in [2.45, 2.75) is 19.5 Å². The summed E-state index contributed by atoms with van der Waals surface area (Å²) in [7, 11) is 0. The molecule has 26 heavy (non-hydrogen) atoms. The van der Waals surface area contributed by atoms with E-state index in [9.17, 15) is 9.18 Å². The Morgan fingerprint density at radius 3 is 3.00 bits per heavy atom. The number of anilines is 1. The van der Waals surface area contributed by atoms with Crippen LogP contribution in [-0.2, 0) is 4.79 Å². The zero-order chi connectivity index (χ0) is 17.8. The fourth-order valence-corrected chi connectivity index (χ4v) is 3.21. The summed E-state index contributed by atoms with van der Waals surface area (Å²) >= 11 is 0. The zero-order valence-corrected chi connectivity index (χ0v) is 13.9. The Morgan fingerprint density at radius 2 is 2.19 bits per heavy atom. The van der Waals surface area contributed by atoms with Gasteiger partial charge in [0.05, 0.1) is 35.7 Å². The molecule has 0 spiro atoms. The Morgan fingerprint density at radius 1 is 1.35 bits per heavy atom. The number of fused-ring (bicyclic) bond motifs is 2. The molecule has 1 aliphatic carbocycles. The summed E-state index contributed by atoms with van der Waals surface area (Å²) in [6, 6.07) is 4.00. The van der Waals surface area contributed by atoms with Gasteiger partial charge in [-0.3, -0.25) is 14.9 Å². The van der Waals surface area contributed by atoms with Gasteiger partial charge in [0.1, 0.15) is 6.17 Å². The molecule has 0 saturated heterocycles. The maximum atomic E-state index is 13.0. The number of amides is 1. The minimum absolute atomic E-state index is 0.291. The number of benzene rings is 1. The highest BCUT2D eigenvalue weighted by Gasteiger charge is 2.43. The van der Waals surface area contributed by atoms with Crippen molar-refractivity contribution >= 4 is 28.3 Å². The first-order valence-electron chi connectivity index (χ1n) is 8.33. The van der Waals surface area contributed by atoms with Crippen molar-refractivity contribution in [3.8, 4) is 11.3 Å². The molecule has 1 aliphatic rings. The van der Waals surface area contributed by atoms with Crippen LogP contribution in [-0.4, -0.2) is 36.6 Å². The summed E-state index contributed by atoms with van der Waals surface area (Å²) in [5.74, 6) is -0.478. The van der Waals surface area contributed by atoms with E-state index in [1.165, 1.54) is 0 Å². The molecule has 130 valence electrons. The lowest BCUT2D eigenvalue weighted by Crippen LogP contribution is -2.15. The van der Waals surface area contributed by atoms with Crippen LogP contribution in [0.4, 0.5) is 10.2 Å². The van der Waals surface area contributed by atoms with Crippen LogP contribution >= 0.6 is 0 Å². The summed E-state index contributed by atoms with van der Waals surface area (Å²) in [4.78, 5) is 20.7. The molecule has 2 atom stereocenters. The second-order valence-electron chi connectivity index (χ2n) is 6.60. The van der Waals surface area contributed by atoms with Gasteiger partial charge in [-0.05, 0) is 25.0 Å². The van der Waals surface area contributed by atoms with Crippen LogP contribution in [0.2, 0.25) is 0 Å². The molecule has 3 aromatic heterocycles. The van der Waals surface area contributed by atoms with Crippen LogP contribution in [0.5, 0.6) is 0 Å². The van der Waals surface area contributed by atoms with Gasteiger partial charge in [-0.25, -0.2) is 9.37 Å². The quantitative estimate of drug-likeness (QED) is 0.595. The number of hydrogen-bond donors (Lipinski definition) is 2. The van der Waals surface area contributed by atoms with E-state index >= 15 is 0 Å². The van der Waals surface area contributed by atoms with Crippen molar-refractivity contribution < 1.29 is 9.18 Å². The van der Waals surface area contributed by atoms with E-state index < -0.39 is 12.1 Å². The fourth-order valence-electron chi connectivity index (χ4n) is 3.21. The van der Waals surface area contributed by atoms with E-state index in [0.717, 1.165) is 27.7 Å². The molecule has 5 rings (SSSR count). The van der Waals surface area contributed by atoms with Crippen molar-refractivity contribution in [3.63, 3.8) is 0 Å². The average molecular weight is 350 g/mol. The molecule has 0 bridgehead atoms. The number of nitrogens with zero attached hydrogens (tertiary/aromatic N) is 4. The van der Waals surface area contributed by atoms with Gasteiger partial charge >= 0.3 is 0 Å². The molecular formula is C18H15FN6O. The van der Waals surface area contributed by atoms with Gasteiger partial charge in [0.15, 0.2) is 11.5 Å². The molecule has 3 heterocycles. The number of nitrogens with one attached hydrogen (secondary N) is 2. The molecule has 1 fully saturated rings. The lowest BCUT2D eigenvalue weighted by atomic mass is 10.0. The van der Waals surface area contributed by atoms with Crippen LogP contribution in [0.25, 0.3) is 27.8 Å². The topological polar surface area (TPSA) is 88.0 Å². The molecular weight excluding hydrogens is 335 g/mol. The molecule has 2 unspecified atom stereocenters. The fraction of sp³-hybridized carbons (Fsp3) is 0.222. The third-order valence-electron chi connectivity index (χ3n) is 4.73. The maximum Gasteiger partial charge on any atom is 0.231 e. The number of imidazole rings is 1. The molecule has 1 amide bonds. The van der Waals surface area contributed by atoms with Crippen LogP contribution in [0.15, 0.2) is 36.9 Å². The molecule has 2 N–H and O–H groups in total. The largest absolute Gasteiger partial charge is 0.309 e. The number of alkyl halides is 1. The number of carbonyl (C=O) groups is 1. The zero-order valence-electron chi connectivity index (χ0n) is 13.9. The SMILES string of the molecule is Cc1ccc2[nH]ncc2c1-c1cn2cc(NC(=O)C3CC3F)nc2cn1. The molecule has 0 aliphatic heterocycles. The Hall–Kier alpha value is -3.29. The molecule has 0 radical (unpaired) electrons. The van der Waals surface area contributed by atoms with E-state index in [2.05, 4.69) is 25.5 Å². The number of aryl methyl sites for hydroxylation is 1. The third-order valence-corrected chi connectivity index (χ3v) is 4.73. The van der Waals surface area contributed by atoms with E-state index in [-0.39, 0.29) is 5.91 Å². The van der Waals surface area contributed by atoms with Crippen molar-refractivity contribution in [3.05, 3.63) is 42.5 Å². The standard InChI is InChI=1S/C18H15FN6O/c1-9-2-3-13-11(5-21-24-13)17(9)14-7-25-8-15(22-16(25)6-20-14)23-18(26)10-4-12(10)19/h2-3,5-8,10,12H,4H2,1H3,(H,21,24)(H,23,26). The minimum Gasteiger partial charge on any atom is -0.309 e. The third kappa shape index (κ3) is 2.33. The summed E-state index contributed by atoms with van der Waals surface area (Å²) in [5.41, 5.74) is 4.41. The predicted molar refractivity (Wildman–Crippen MR) is 94.4 cm³/mol. The van der Waals surface area contributed by atoms with Gasteiger partial charge < -0.3 is 9.72 Å². The van der Waals surface area contributed by atoms with Crippen LogP contribution in [0.3, 0.4) is 0 Å². The number of carbonyl (C=O) groups excluding carboxylic acids is 1. The molecule has 1 aromatic carbocycles. The molecule has 8 heteroatoms. The smallest absolute Gasteiger partial charge is 0.231 e. The van der Waals surface area contributed by atoms with Gasteiger partial charge in [-0.1, -0.05) is 6.07 Å². The maximum absolute atomic E-state index is 13.0. The minimum atomic E-state index is -1.03. The Bertz CT molecular complexity index is 1160. The van der Waals surface area contributed by atoms with Crippen molar-refractivity contribution in [2.75, 3.05) is 5.32 Å². The summed E-state index contributed by atoms with van der Waals surface area (Å²) in [5, 5.41) is 10.7. The lowest BCUT2D eigenvalue weighted by Gasteiger charge is -2.07. The van der Waals surface area contributed by atoms with Crippen LogP contribution < -0.4 is 5.32 Å². The summed E-state index contributed by atoms with van der Waals surface area (Å²) in [6.45, 7) is 2.02. The van der Waals surface area contributed by atoms with Gasteiger partial charge in [-0.15, -0.1) is 0 Å². The highest BCUT2D eigenvalue weighted by Crippen LogP contribution is 2.34. The monoisotopic (exact) mass is 350 g/mol. The van der Waals surface area contributed by atoms with Crippen LogP contribution in [0.1, 0.15) is 12.0 Å². The number of H-pyrrole nitrogens is 1. The number of aromatic nitrogens is 5. The first-order valence-corrected chi connectivity index (χ1v) is 8.33. The van der Waals surface area contributed by atoms with Gasteiger partial charge in [-0.2, -0.15) is 5.10 Å². The number of rotatable bonds is 3. The van der Waals surface area contributed by atoms with Crippen LogP contribution in [0, 0.1) is 12.8 Å². The lowest BCUT2D eigenvalue weighted by molar-refractivity contribution is -0.117. The Balaban J connectivity index is 1.54. The average Bonchev–Trinajstić information content (AvgIpc) is 3.02. The highest BCUT2D eigenvalue weighted by atomic mass is 19.1. The highest BCUT2D eigenvalue weighted by molar-refractivity contribution is 5.95. The van der Waals surface area contributed by atoms with E-state index in [0.29, 0.717) is 17.9 Å². The first-order chi connectivity index (χ1) is 12.6. The Kier molecular flexibility index (Phi) is 3.09. The molecule has 7 nitrogen and oxygen atoms in total. The van der Waals surface area contributed by atoms with Crippen molar-refractivity contribution in [1.29, 1.82) is 0 Å². The summed E-state index contributed by atoms with van der Waals surface area (Å²) in [6.07, 6.45) is 6.27. The number of aromatic amines is 1. The number of halogens is 1. The van der Waals surface area contributed by atoms with Gasteiger partial charge in [0.25, 0.3) is 0 Å². The second-order valence-corrected chi connectivity index (χ2v) is 6.60.